The number of nitrogens with one attached hydrogen (secondary N) is 3. The van der Waals surface area contributed by atoms with Crippen molar-refractivity contribution in [2.45, 2.75) is 45.7 Å². The highest BCUT2D eigenvalue weighted by Gasteiger charge is 2.29. The van der Waals surface area contributed by atoms with Gasteiger partial charge < -0.3 is 30.7 Å². The Morgan fingerprint density at radius 3 is 2.50 bits per heavy atom. The summed E-state index contributed by atoms with van der Waals surface area (Å²) in [5.74, 6) is -1.29. The van der Waals surface area contributed by atoms with Crippen LogP contribution in [-0.4, -0.2) is 83.9 Å². The third kappa shape index (κ3) is 8.19. The van der Waals surface area contributed by atoms with Crippen LogP contribution in [0, 0.1) is 6.92 Å². The van der Waals surface area contributed by atoms with Crippen molar-refractivity contribution in [1.29, 1.82) is 0 Å². The molecule has 4 amide bonds. The average molecular weight is 553 g/mol. The molecule has 2 aromatic carbocycles. The van der Waals surface area contributed by atoms with Gasteiger partial charge in [-0.1, -0.05) is 24.3 Å². The number of ether oxygens (including phenoxy) is 1. The molecule has 2 aromatic rings. The van der Waals surface area contributed by atoms with Crippen LogP contribution in [0.15, 0.2) is 47.6 Å². The van der Waals surface area contributed by atoms with Crippen molar-refractivity contribution in [1.82, 2.24) is 15.2 Å². The maximum absolute atomic E-state index is 13.0. The zero-order valence-electron chi connectivity index (χ0n) is 23.4. The fourth-order valence-corrected chi connectivity index (χ4v) is 4.31. The van der Waals surface area contributed by atoms with Crippen molar-refractivity contribution in [2.24, 2.45) is 5.10 Å². The van der Waals surface area contributed by atoms with E-state index in [2.05, 4.69) is 21.1 Å². The minimum absolute atomic E-state index is 0.0282. The van der Waals surface area contributed by atoms with Crippen LogP contribution in [0.4, 0.5) is 16.2 Å². The summed E-state index contributed by atoms with van der Waals surface area (Å²) in [6, 6.07) is 11.0. The van der Waals surface area contributed by atoms with Crippen molar-refractivity contribution in [3.8, 4) is 5.75 Å². The molecule has 0 aliphatic carbocycles. The SMILES string of the molecule is COc1cc(CC(=O)N(C)CC2=NN(CC(NC(C)=O)C(=O)O)C(C)C2)ccc1NC(=O)Nc1ccccc1C. The molecule has 0 saturated carbocycles. The molecule has 12 heteroatoms. The number of urea groups is 1. The Labute approximate surface area is 233 Å². The summed E-state index contributed by atoms with van der Waals surface area (Å²) in [5.41, 5.74) is 3.55. The second-order valence-electron chi connectivity index (χ2n) is 9.79. The molecule has 0 saturated heterocycles. The van der Waals surface area contributed by atoms with E-state index in [1.54, 1.807) is 35.2 Å². The Bertz CT molecular complexity index is 1300. The van der Waals surface area contributed by atoms with Gasteiger partial charge in [0.05, 0.1) is 38.0 Å². The maximum atomic E-state index is 13.0. The number of carbonyl (C=O) groups excluding carboxylic acids is 3. The highest BCUT2D eigenvalue weighted by molar-refractivity contribution is 6.01. The molecular formula is C28H36N6O6. The molecule has 1 aliphatic rings. The Hall–Kier alpha value is -4.61. The molecule has 3 rings (SSSR count). The van der Waals surface area contributed by atoms with Gasteiger partial charge in [0.1, 0.15) is 11.8 Å². The number of aryl methyl sites for hydroxylation is 1. The van der Waals surface area contributed by atoms with Gasteiger partial charge in [-0.25, -0.2) is 9.59 Å². The number of carbonyl (C=O) groups is 4. The first kappa shape index (κ1) is 29.9. The van der Waals surface area contributed by atoms with Crippen LogP contribution in [0.2, 0.25) is 0 Å². The molecule has 0 aromatic heterocycles. The highest BCUT2D eigenvalue weighted by atomic mass is 16.5. The van der Waals surface area contributed by atoms with Gasteiger partial charge in [0.25, 0.3) is 0 Å². The molecule has 0 radical (unpaired) electrons. The minimum atomic E-state index is -1.14. The predicted octanol–water partition coefficient (Wildman–Crippen LogP) is 2.69. The number of amides is 4. The molecule has 2 unspecified atom stereocenters. The first-order valence-corrected chi connectivity index (χ1v) is 12.8. The number of aliphatic carboxylic acids is 1. The summed E-state index contributed by atoms with van der Waals surface area (Å²) < 4.78 is 5.45. The molecule has 1 heterocycles. The number of hydrazone groups is 1. The molecule has 0 spiro atoms. The number of hydrogen-bond acceptors (Lipinski definition) is 7. The molecule has 0 bridgehead atoms. The van der Waals surface area contributed by atoms with Crippen molar-refractivity contribution in [3.05, 3.63) is 53.6 Å². The molecule has 1 aliphatic heterocycles. The Morgan fingerprint density at radius 2 is 1.85 bits per heavy atom. The van der Waals surface area contributed by atoms with E-state index >= 15 is 0 Å². The quantitative estimate of drug-likeness (QED) is 0.334. The lowest BCUT2D eigenvalue weighted by Crippen LogP contribution is -2.47. The molecule has 40 heavy (non-hydrogen) atoms. The van der Waals surface area contributed by atoms with Gasteiger partial charge >= 0.3 is 12.0 Å². The van der Waals surface area contributed by atoms with E-state index in [0.717, 1.165) is 11.3 Å². The lowest BCUT2D eigenvalue weighted by atomic mass is 10.1. The van der Waals surface area contributed by atoms with E-state index in [0.29, 0.717) is 29.1 Å². The van der Waals surface area contributed by atoms with Gasteiger partial charge in [-0.2, -0.15) is 5.10 Å². The van der Waals surface area contributed by atoms with Crippen LogP contribution >= 0.6 is 0 Å². The van der Waals surface area contributed by atoms with Crippen molar-refractivity contribution in [3.63, 3.8) is 0 Å². The Kier molecular flexibility index (Phi) is 10.1. The van der Waals surface area contributed by atoms with Gasteiger partial charge in [-0.05, 0) is 43.2 Å². The largest absolute Gasteiger partial charge is 0.495 e. The Morgan fingerprint density at radius 1 is 1.15 bits per heavy atom. The van der Waals surface area contributed by atoms with Crippen LogP contribution < -0.4 is 20.7 Å². The number of hydrogen-bond donors (Lipinski definition) is 4. The zero-order valence-corrected chi connectivity index (χ0v) is 23.4. The third-order valence-electron chi connectivity index (χ3n) is 6.46. The van der Waals surface area contributed by atoms with E-state index in [4.69, 9.17) is 4.74 Å². The van der Waals surface area contributed by atoms with E-state index < -0.39 is 23.9 Å². The molecule has 4 N–H and O–H groups in total. The van der Waals surface area contributed by atoms with Gasteiger partial charge in [0.15, 0.2) is 0 Å². The standard InChI is InChI=1S/C28H36N6O6/c1-17-8-6-7-9-22(17)30-28(39)31-23-11-10-20(13-25(23)40-5)14-26(36)33(4)15-21-12-18(2)34(32-21)16-24(27(37)38)29-19(3)35/h6-11,13,18,24H,12,14-16H2,1-5H3,(H,29,35)(H,37,38)(H2,30,31,39). The topological polar surface area (TPSA) is 153 Å². The van der Waals surface area contributed by atoms with E-state index in [1.165, 1.54) is 14.0 Å². The van der Waals surface area contributed by atoms with Gasteiger partial charge in [0, 0.05) is 32.1 Å². The fraction of sp³-hybridized carbons (Fsp3) is 0.393. The third-order valence-corrected chi connectivity index (χ3v) is 6.46. The number of carboxylic acid groups (broad SMARTS) is 1. The monoisotopic (exact) mass is 552 g/mol. The predicted molar refractivity (Wildman–Crippen MR) is 152 cm³/mol. The number of likely N-dealkylation sites (N-methyl/N-ethyl adjacent to an activating group) is 1. The van der Waals surface area contributed by atoms with Crippen LogP contribution in [0.3, 0.4) is 0 Å². The molecule has 214 valence electrons. The summed E-state index contributed by atoms with van der Waals surface area (Å²) >= 11 is 0. The lowest BCUT2D eigenvalue weighted by molar-refractivity contribution is -0.142. The summed E-state index contributed by atoms with van der Waals surface area (Å²) in [7, 11) is 3.17. The van der Waals surface area contributed by atoms with Crippen molar-refractivity contribution >= 4 is 40.9 Å². The molecule has 12 nitrogen and oxygen atoms in total. The number of para-hydroxylation sites is 1. The Balaban J connectivity index is 1.58. The summed E-state index contributed by atoms with van der Waals surface area (Å²) in [6.45, 7) is 5.39. The number of anilines is 2. The van der Waals surface area contributed by atoms with Crippen molar-refractivity contribution in [2.75, 3.05) is 37.9 Å². The lowest BCUT2D eigenvalue weighted by Gasteiger charge is -2.24. The van der Waals surface area contributed by atoms with Crippen molar-refractivity contribution < 1.29 is 29.0 Å². The molecule has 0 fully saturated rings. The second-order valence-corrected chi connectivity index (χ2v) is 9.79. The summed E-state index contributed by atoms with van der Waals surface area (Å²) in [6.07, 6.45) is 0.682. The van der Waals surface area contributed by atoms with Gasteiger partial charge in [-0.3, -0.25) is 14.6 Å². The zero-order chi connectivity index (χ0) is 29.4. The highest BCUT2D eigenvalue weighted by Crippen LogP contribution is 2.26. The number of carboxylic acids is 1. The van der Waals surface area contributed by atoms with E-state index in [-0.39, 0.29) is 31.5 Å². The first-order chi connectivity index (χ1) is 19.0. The first-order valence-electron chi connectivity index (χ1n) is 12.8. The normalized spacial score (nSPS) is 15.1. The van der Waals surface area contributed by atoms with Gasteiger partial charge in [0.2, 0.25) is 11.8 Å². The van der Waals surface area contributed by atoms with Crippen LogP contribution in [0.1, 0.15) is 31.4 Å². The van der Waals surface area contributed by atoms with E-state index in [1.807, 2.05) is 38.1 Å². The minimum Gasteiger partial charge on any atom is -0.495 e. The number of nitrogens with zero attached hydrogens (tertiary/aromatic N) is 3. The average Bonchev–Trinajstić information content (AvgIpc) is 3.23. The molecular weight excluding hydrogens is 516 g/mol. The smallest absolute Gasteiger partial charge is 0.328 e. The molecule has 2 atom stereocenters. The van der Waals surface area contributed by atoms with Crippen LogP contribution in [0.25, 0.3) is 0 Å². The second kappa shape index (κ2) is 13.5. The number of rotatable bonds is 11. The fourth-order valence-electron chi connectivity index (χ4n) is 4.31. The number of methoxy groups -OCH3 is 1. The summed E-state index contributed by atoms with van der Waals surface area (Å²) in [5, 5.41) is 23.5. The van der Waals surface area contributed by atoms with Crippen LogP contribution in [-0.2, 0) is 20.8 Å². The maximum Gasteiger partial charge on any atom is 0.328 e. The number of benzene rings is 2. The van der Waals surface area contributed by atoms with Gasteiger partial charge in [-0.15, -0.1) is 0 Å². The van der Waals surface area contributed by atoms with Crippen LogP contribution in [0.5, 0.6) is 5.75 Å². The summed E-state index contributed by atoms with van der Waals surface area (Å²) in [4.78, 5) is 49.8. The van der Waals surface area contributed by atoms with E-state index in [9.17, 15) is 24.3 Å².